The van der Waals surface area contributed by atoms with Crippen LogP contribution in [0.25, 0.3) is 5.52 Å². The molecule has 0 atom stereocenters. The first-order valence-corrected chi connectivity index (χ1v) is 6.22. The third-order valence-corrected chi connectivity index (χ3v) is 2.66. The van der Waals surface area contributed by atoms with Gasteiger partial charge < -0.3 is 15.2 Å². The Morgan fingerprint density at radius 1 is 1.42 bits per heavy atom. The van der Waals surface area contributed by atoms with E-state index in [1.165, 1.54) is 0 Å². The van der Waals surface area contributed by atoms with Crippen LogP contribution in [0.4, 0.5) is 0 Å². The van der Waals surface area contributed by atoms with Gasteiger partial charge in [0.2, 0.25) is 0 Å². The van der Waals surface area contributed by atoms with Crippen molar-refractivity contribution in [3.8, 4) is 0 Å². The number of pyridine rings is 1. The van der Waals surface area contributed by atoms with Gasteiger partial charge >= 0.3 is 0 Å². The predicted octanol–water partition coefficient (Wildman–Crippen LogP) is 0.463. The molecule has 0 aliphatic carbocycles. The SMILES string of the molecule is O=C(NCCCOCCO)c1cnn2ccccc12. The summed E-state index contributed by atoms with van der Waals surface area (Å²) >= 11 is 0. The van der Waals surface area contributed by atoms with Crippen LogP contribution in [0.2, 0.25) is 0 Å². The summed E-state index contributed by atoms with van der Waals surface area (Å²) in [6, 6.07) is 5.59. The number of hydrogen-bond donors (Lipinski definition) is 2. The fraction of sp³-hybridized carbons (Fsp3) is 0.385. The molecule has 0 aromatic carbocycles. The van der Waals surface area contributed by atoms with Crippen molar-refractivity contribution in [2.24, 2.45) is 0 Å². The standard InChI is InChI=1S/C13H17N3O3/c17-7-9-19-8-3-5-14-13(18)11-10-15-16-6-2-1-4-12(11)16/h1-2,4,6,10,17H,3,5,7-9H2,(H,14,18). The van der Waals surface area contributed by atoms with Gasteiger partial charge in [0.25, 0.3) is 5.91 Å². The van der Waals surface area contributed by atoms with Crippen molar-refractivity contribution in [3.63, 3.8) is 0 Å². The Kier molecular flexibility index (Phi) is 4.88. The second-order valence-corrected chi connectivity index (χ2v) is 4.03. The molecule has 2 aromatic rings. The van der Waals surface area contributed by atoms with E-state index >= 15 is 0 Å². The monoisotopic (exact) mass is 263 g/mol. The van der Waals surface area contributed by atoms with Gasteiger partial charge in [0.05, 0.1) is 30.5 Å². The molecule has 0 saturated heterocycles. The smallest absolute Gasteiger partial charge is 0.255 e. The number of aliphatic hydroxyl groups is 1. The van der Waals surface area contributed by atoms with Gasteiger partial charge in [0.15, 0.2) is 0 Å². The Labute approximate surface area is 111 Å². The third-order valence-electron chi connectivity index (χ3n) is 2.66. The second kappa shape index (κ2) is 6.86. The molecule has 0 saturated carbocycles. The number of carbonyl (C=O) groups excluding carboxylic acids is 1. The molecule has 0 aliphatic heterocycles. The van der Waals surface area contributed by atoms with E-state index in [-0.39, 0.29) is 12.5 Å². The summed E-state index contributed by atoms with van der Waals surface area (Å²) in [6.07, 6.45) is 4.08. The van der Waals surface area contributed by atoms with Crippen molar-refractivity contribution < 1.29 is 14.6 Å². The summed E-state index contributed by atoms with van der Waals surface area (Å²) in [5.41, 5.74) is 1.36. The van der Waals surface area contributed by atoms with E-state index in [2.05, 4.69) is 10.4 Å². The number of aromatic nitrogens is 2. The van der Waals surface area contributed by atoms with E-state index < -0.39 is 0 Å². The normalized spacial score (nSPS) is 10.8. The van der Waals surface area contributed by atoms with Crippen LogP contribution in [0, 0.1) is 0 Å². The topological polar surface area (TPSA) is 75.9 Å². The molecule has 102 valence electrons. The maximum atomic E-state index is 12.0. The number of carbonyl (C=O) groups is 1. The molecule has 6 heteroatoms. The predicted molar refractivity (Wildman–Crippen MR) is 70.0 cm³/mol. The van der Waals surface area contributed by atoms with Crippen molar-refractivity contribution in [2.75, 3.05) is 26.4 Å². The lowest BCUT2D eigenvalue weighted by molar-refractivity contribution is 0.0868. The number of nitrogens with zero attached hydrogens (tertiary/aromatic N) is 2. The van der Waals surface area contributed by atoms with Gasteiger partial charge in [0, 0.05) is 19.3 Å². The number of rotatable bonds is 7. The summed E-state index contributed by atoms with van der Waals surface area (Å²) in [6.45, 7) is 1.42. The van der Waals surface area contributed by atoms with Crippen LogP contribution in [0.1, 0.15) is 16.8 Å². The maximum Gasteiger partial charge on any atom is 0.255 e. The zero-order valence-corrected chi connectivity index (χ0v) is 10.6. The minimum Gasteiger partial charge on any atom is -0.394 e. The highest BCUT2D eigenvalue weighted by Crippen LogP contribution is 2.09. The first-order chi connectivity index (χ1) is 9.33. The van der Waals surface area contributed by atoms with Gasteiger partial charge in [-0.25, -0.2) is 4.52 Å². The van der Waals surface area contributed by atoms with Crippen molar-refractivity contribution >= 4 is 11.4 Å². The van der Waals surface area contributed by atoms with Crippen LogP contribution < -0.4 is 5.32 Å². The first kappa shape index (κ1) is 13.5. The van der Waals surface area contributed by atoms with Gasteiger partial charge in [-0.1, -0.05) is 6.07 Å². The lowest BCUT2D eigenvalue weighted by Crippen LogP contribution is -2.25. The van der Waals surface area contributed by atoms with Crippen molar-refractivity contribution in [1.82, 2.24) is 14.9 Å². The van der Waals surface area contributed by atoms with Crippen molar-refractivity contribution in [1.29, 1.82) is 0 Å². The van der Waals surface area contributed by atoms with Gasteiger partial charge in [-0.3, -0.25) is 4.79 Å². The third kappa shape index (κ3) is 3.52. The van der Waals surface area contributed by atoms with Crippen molar-refractivity contribution in [2.45, 2.75) is 6.42 Å². The lowest BCUT2D eigenvalue weighted by atomic mass is 10.2. The van der Waals surface area contributed by atoms with Gasteiger partial charge in [-0.05, 0) is 18.6 Å². The zero-order valence-electron chi connectivity index (χ0n) is 10.6. The molecule has 0 fully saturated rings. The molecule has 2 N–H and O–H groups in total. The molecule has 0 radical (unpaired) electrons. The molecule has 0 aliphatic rings. The van der Waals surface area contributed by atoms with Crippen LogP contribution >= 0.6 is 0 Å². The number of fused-ring (bicyclic) bond motifs is 1. The van der Waals surface area contributed by atoms with Crippen LogP contribution in [-0.2, 0) is 4.74 Å². The summed E-state index contributed by atoms with van der Waals surface area (Å²) in [7, 11) is 0. The Bertz CT molecular complexity index is 539. The molecule has 2 heterocycles. The van der Waals surface area contributed by atoms with Gasteiger partial charge in [-0.2, -0.15) is 5.10 Å². The van der Waals surface area contributed by atoms with Gasteiger partial charge in [0.1, 0.15) is 0 Å². The van der Waals surface area contributed by atoms with E-state index in [1.807, 2.05) is 18.2 Å². The summed E-state index contributed by atoms with van der Waals surface area (Å²) in [5, 5.41) is 15.5. The van der Waals surface area contributed by atoms with Crippen molar-refractivity contribution in [3.05, 3.63) is 36.2 Å². The minimum absolute atomic E-state index is 0.0226. The van der Waals surface area contributed by atoms with Crippen LogP contribution in [-0.4, -0.2) is 47.0 Å². The van der Waals surface area contributed by atoms with E-state index in [0.717, 1.165) is 5.52 Å². The first-order valence-electron chi connectivity index (χ1n) is 6.22. The number of nitrogens with one attached hydrogen (secondary N) is 1. The molecule has 1 amide bonds. The Hall–Kier alpha value is -1.92. The quantitative estimate of drug-likeness (QED) is 0.712. The van der Waals surface area contributed by atoms with Crippen LogP contribution in [0.3, 0.4) is 0 Å². The fourth-order valence-electron chi connectivity index (χ4n) is 1.75. The highest BCUT2D eigenvalue weighted by molar-refractivity contribution is 6.00. The van der Waals surface area contributed by atoms with E-state index in [1.54, 1.807) is 16.9 Å². The fourth-order valence-corrected chi connectivity index (χ4v) is 1.75. The molecule has 6 nitrogen and oxygen atoms in total. The molecular weight excluding hydrogens is 246 g/mol. The number of ether oxygens (including phenoxy) is 1. The number of hydrogen-bond acceptors (Lipinski definition) is 4. The summed E-state index contributed by atoms with van der Waals surface area (Å²) < 4.78 is 6.77. The lowest BCUT2D eigenvalue weighted by Gasteiger charge is -2.04. The van der Waals surface area contributed by atoms with E-state index in [0.29, 0.717) is 31.7 Å². The van der Waals surface area contributed by atoms with E-state index in [4.69, 9.17) is 9.84 Å². The van der Waals surface area contributed by atoms with E-state index in [9.17, 15) is 4.79 Å². The largest absolute Gasteiger partial charge is 0.394 e. The molecule has 0 spiro atoms. The number of aliphatic hydroxyl groups excluding tert-OH is 1. The zero-order chi connectivity index (χ0) is 13.5. The molecular formula is C13H17N3O3. The van der Waals surface area contributed by atoms with Crippen LogP contribution in [0.15, 0.2) is 30.6 Å². The molecule has 0 unspecified atom stereocenters. The maximum absolute atomic E-state index is 12.0. The average molecular weight is 263 g/mol. The summed E-state index contributed by atoms with van der Waals surface area (Å²) in [5.74, 6) is -0.136. The molecule has 2 rings (SSSR count). The summed E-state index contributed by atoms with van der Waals surface area (Å²) in [4.78, 5) is 12.0. The Balaban J connectivity index is 1.83. The van der Waals surface area contributed by atoms with Crippen LogP contribution in [0.5, 0.6) is 0 Å². The molecule has 19 heavy (non-hydrogen) atoms. The Morgan fingerprint density at radius 3 is 3.16 bits per heavy atom. The highest BCUT2D eigenvalue weighted by Gasteiger charge is 2.11. The average Bonchev–Trinajstić information content (AvgIpc) is 2.86. The molecule has 0 bridgehead atoms. The highest BCUT2D eigenvalue weighted by atomic mass is 16.5. The van der Waals surface area contributed by atoms with Gasteiger partial charge in [-0.15, -0.1) is 0 Å². The minimum atomic E-state index is -0.136. The molecule has 2 aromatic heterocycles. The second-order valence-electron chi connectivity index (χ2n) is 4.03. The number of amides is 1. The Morgan fingerprint density at radius 2 is 2.32 bits per heavy atom.